The maximum Gasteiger partial charge on any atom is 0.223 e. The van der Waals surface area contributed by atoms with E-state index in [9.17, 15) is 9.59 Å². The highest BCUT2D eigenvalue weighted by Crippen LogP contribution is 2.08. The maximum atomic E-state index is 11.9. The minimum absolute atomic E-state index is 0.0129. The van der Waals surface area contributed by atoms with Gasteiger partial charge >= 0.3 is 0 Å². The van der Waals surface area contributed by atoms with Gasteiger partial charge in [0.15, 0.2) is 0 Å². The summed E-state index contributed by atoms with van der Waals surface area (Å²) in [6.07, 6.45) is 2.71. The summed E-state index contributed by atoms with van der Waals surface area (Å²) in [7, 11) is 0. The van der Waals surface area contributed by atoms with Crippen molar-refractivity contribution in [2.75, 3.05) is 19.6 Å². The van der Waals surface area contributed by atoms with E-state index in [0.717, 1.165) is 19.4 Å². The van der Waals surface area contributed by atoms with Crippen molar-refractivity contribution in [3.63, 3.8) is 0 Å². The first-order valence-corrected chi connectivity index (χ1v) is 7.39. The van der Waals surface area contributed by atoms with Crippen molar-refractivity contribution >= 4 is 11.8 Å². The van der Waals surface area contributed by atoms with Gasteiger partial charge in [-0.2, -0.15) is 0 Å². The van der Waals surface area contributed by atoms with E-state index in [2.05, 4.69) is 17.6 Å². The second-order valence-electron chi connectivity index (χ2n) is 5.13. The number of rotatable bonds is 6. The third kappa shape index (κ3) is 5.19. The van der Waals surface area contributed by atoms with Crippen LogP contribution in [0.25, 0.3) is 0 Å². The summed E-state index contributed by atoms with van der Waals surface area (Å²) in [5, 5.41) is 6.38. The van der Waals surface area contributed by atoms with Crippen molar-refractivity contribution in [1.29, 1.82) is 0 Å². The zero-order valence-electron chi connectivity index (χ0n) is 12.4. The molecule has 0 aliphatic carbocycles. The highest BCUT2D eigenvalue weighted by atomic mass is 16.2. The summed E-state index contributed by atoms with van der Waals surface area (Å²) in [5.41, 5.74) is 0. The zero-order valence-corrected chi connectivity index (χ0v) is 12.4. The van der Waals surface area contributed by atoms with E-state index in [-0.39, 0.29) is 17.9 Å². The highest BCUT2D eigenvalue weighted by Gasteiger charge is 2.22. The van der Waals surface area contributed by atoms with Crippen molar-refractivity contribution in [3.05, 3.63) is 0 Å². The molecule has 1 aliphatic rings. The van der Waals surface area contributed by atoms with Crippen LogP contribution in [0.4, 0.5) is 0 Å². The van der Waals surface area contributed by atoms with Crippen molar-refractivity contribution in [2.24, 2.45) is 0 Å². The van der Waals surface area contributed by atoms with Crippen LogP contribution >= 0.6 is 0 Å². The third-order valence-corrected chi connectivity index (χ3v) is 3.79. The first-order chi connectivity index (χ1) is 9.08. The molecular weight excluding hydrogens is 242 g/mol. The van der Waals surface area contributed by atoms with Crippen LogP contribution in [0.15, 0.2) is 0 Å². The van der Waals surface area contributed by atoms with Gasteiger partial charge in [0.05, 0.1) is 0 Å². The van der Waals surface area contributed by atoms with Gasteiger partial charge in [0.2, 0.25) is 11.8 Å². The number of carbonyl (C=O) groups excluding carboxylic acids is 2. The molecule has 2 atom stereocenters. The first kappa shape index (κ1) is 16.0. The predicted molar refractivity (Wildman–Crippen MR) is 75.8 cm³/mol. The number of amides is 2. The fourth-order valence-electron chi connectivity index (χ4n) is 2.47. The van der Waals surface area contributed by atoms with Crippen molar-refractivity contribution in [2.45, 2.75) is 58.5 Å². The van der Waals surface area contributed by atoms with Gasteiger partial charge in [0, 0.05) is 38.0 Å². The third-order valence-electron chi connectivity index (χ3n) is 3.79. The van der Waals surface area contributed by atoms with Crippen LogP contribution in [0.1, 0.15) is 46.5 Å². The summed E-state index contributed by atoms with van der Waals surface area (Å²) in [6.45, 7) is 8.44. The van der Waals surface area contributed by atoms with Gasteiger partial charge in [-0.05, 0) is 40.2 Å². The van der Waals surface area contributed by atoms with Gasteiger partial charge in [-0.25, -0.2) is 0 Å². The predicted octanol–water partition coefficient (Wildman–Crippen LogP) is 0.892. The lowest BCUT2D eigenvalue weighted by molar-refractivity contribution is -0.133. The molecule has 1 aliphatic heterocycles. The van der Waals surface area contributed by atoms with Gasteiger partial charge in [-0.1, -0.05) is 0 Å². The van der Waals surface area contributed by atoms with Gasteiger partial charge < -0.3 is 15.5 Å². The Morgan fingerprint density at radius 2 is 1.95 bits per heavy atom. The molecule has 1 heterocycles. The Kier molecular flexibility index (Phi) is 6.84. The van der Waals surface area contributed by atoms with E-state index in [0.29, 0.717) is 32.0 Å². The highest BCUT2D eigenvalue weighted by molar-refractivity contribution is 5.83. The maximum absolute atomic E-state index is 11.9. The summed E-state index contributed by atoms with van der Waals surface area (Å²) < 4.78 is 0. The lowest BCUT2D eigenvalue weighted by atomic mass is 10.00. The summed E-state index contributed by atoms with van der Waals surface area (Å²) in [5.74, 6) is 0.0519. The summed E-state index contributed by atoms with van der Waals surface area (Å²) in [6, 6.07) is 0.515. The van der Waals surface area contributed by atoms with E-state index in [4.69, 9.17) is 0 Å². The molecule has 1 rings (SSSR count). The Labute approximate surface area is 116 Å². The molecule has 2 amide bonds. The van der Waals surface area contributed by atoms with Gasteiger partial charge in [0.25, 0.3) is 0 Å². The number of nitrogens with zero attached hydrogens (tertiary/aromatic N) is 1. The Hall–Kier alpha value is -1.10. The standard InChI is InChI=1S/C14H27N3O2/c1-4-17(5-2)14(19)9-8-13(18)16-12-7-6-10-15-11(12)3/h11-12,15H,4-10H2,1-3H3,(H,16,18). The Bertz CT molecular complexity index is 303. The topological polar surface area (TPSA) is 61.4 Å². The minimum Gasteiger partial charge on any atom is -0.352 e. The van der Waals surface area contributed by atoms with Gasteiger partial charge in [-0.3, -0.25) is 9.59 Å². The number of nitrogens with one attached hydrogen (secondary N) is 2. The van der Waals surface area contributed by atoms with Crippen LogP contribution in [0.5, 0.6) is 0 Å². The molecule has 1 saturated heterocycles. The van der Waals surface area contributed by atoms with E-state index in [1.165, 1.54) is 0 Å². The molecule has 0 aromatic carbocycles. The second kappa shape index (κ2) is 8.15. The van der Waals surface area contributed by atoms with Crippen molar-refractivity contribution in [1.82, 2.24) is 15.5 Å². The van der Waals surface area contributed by atoms with Crippen molar-refractivity contribution in [3.8, 4) is 0 Å². The lowest BCUT2D eigenvalue weighted by Crippen LogP contribution is -2.52. The van der Waals surface area contributed by atoms with Crippen LogP contribution in [0.2, 0.25) is 0 Å². The molecule has 5 heteroatoms. The molecule has 0 spiro atoms. The molecule has 2 unspecified atom stereocenters. The molecule has 19 heavy (non-hydrogen) atoms. The van der Waals surface area contributed by atoms with E-state index in [1.807, 2.05) is 13.8 Å². The van der Waals surface area contributed by atoms with Gasteiger partial charge in [-0.15, -0.1) is 0 Å². The normalized spacial score (nSPS) is 22.9. The average Bonchev–Trinajstić information content (AvgIpc) is 2.40. The largest absolute Gasteiger partial charge is 0.352 e. The molecule has 0 bridgehead atoms. The van der Waals surface area contributed by atoms with Crippen LogP contribution in [0, 0.1) is 0 Å². The Morgan fingerprint density at radius 3 is 2.53 bits per heavy atom. The molecule has 2 N–H and O–H groups in total. The Balaban J connectivity index is 2.29. The summed E-state index contributed by atoms with van der Waals surface area (Å²) >= 11 is 0. The number of hydrogen-bond acceptors (Lipinski definition) is 3. The monoisotopic (exact) mass is 269 g/mol. The minimum atomic E-state index is -0.0129. The molecule has 5 nitrogen and oxygen atoms in total. The number of hydrogen-bond donors (Lipinski definition) is 2. The average molecular weight is 269 g/mol. The van der Waals surface area contributed by atoms with E-state index >= 15 is 0 Å². The fraction of sp³-hybridized carbons (Fsp3) is 0.857. The Morgan fingerprint density at radius 1 is 1.26 bits per heavy atom. The molecule has 0 aromatic heterocycles. The molecule has 1 fully saturated rings. The van der Waals surface area contributed by atoms with Crippen LogP contribution < -0.4 is 10.6 Å². The number of piperidine rings is 1. The van der Waals surface area contributed by atoms with Crippen LogP contribution in [-0.2, 0) is 9.59 Å². The first-order valence-electron chi connectivity index (χ1n) is 7.39. The molecular formula is C14H27N3O2. The SMILES string of the molecule is CCN(CC)C(=O)CCC(=O)NC1CCCNC1C. The summed E-state index contributed by atoms with van der Waals surface area (Å²) in [4.78, 5) is 25.4. The molecule has 0 aromatic rings. The quantitative estimate of drug-likeness (QED) is 0.753. The van der Waals surface area contributed by atoms with Gasteiger partial charge in [0.1, 0.15) is 0 Å². The van der Waals surface area contributed by atoms with Crippen LogP contribution in [0.3, 0.4) is 0 Å². The molecule has 110 valence electrons. The lowest BCUT2D eigenvalue weighted by Gasteiger charge is -2.30. The zero-order chi connectivity index (χ0) is 14.3. The fourth-order valence-corrected chi connectivity index (χ4v) is 2.47. The number of carbonyl (C=O) groups is 2. The van der Waals surface area contributed by atoms with E-state index in [1.54, 1.807) is 4.90 Å². The van der Waals surface area contributed by atoms with Crippen molar-refractivity contribution < 1.29 is 9.59 Å². The molecule has 0 saturated carbocycles. The second-order valence-corrected chi connectivity index (χ2v) is 5.13. The molecule has 0 radical (unpaired) electrons. The van der Waals surface area contributed by atoms with Crippen LogP contribution in [-0.4, -0.2) is 48.4 Å². The smallest absolute Gasteiger partial charge is 0.223 e. The van der Waals surface area contributed by atoms with E-state index < -0.39 is 0 Å².